The first-order chi connectivity index (χ1) is 14.4. The Morgan fingerprint density at radius 3 is 2.70 bits per heavy atom. The van der Waals surface area contributed by atoms with Crippen LogP contribution in [0, 0.1) is 22.0 Å². The molecule has 0 radical (unpaired) electrons. The molecule has 2 aliphatic rings. The highest BCUT2D eigenvalue weighted by Crippen LogP contribution is 2.31. The minimum absolute atomic E-state index is 0.0474. The second-order valence-corrected chi connectivity index (χ2v) is 8.08. The third-order valence-corrected chi connectivity index (χ3v) is 6.15. The van der Waals surface area contributed by atoms with Crippen molar-refractivity contribution >= 4 is 23.3 Å². The first kappa shape index (κ1) is 22.0. The van der Waals surface area contributed by atoms with Gasteiger partial charge in [0.05, 0.1) is 23.7 Å². The fourth-order valence-corrected chi connectivity index (χ4v) is 4.12. The standard InChI is InChI=1S/C21H29N3O6/c1-14-4-3-5-17(15(14)2)22-20(25)13-30-21(26)16-6-7-18(19(12-16)24(27)28)23-8-10-29-11-9-23/h6-7,12,14-15,17H,3-5,8-11,13H2,1-2H3,(H,22,25)/t14-,15-,17+/m1/s1. The summed E-state index contributed by atoms with van der Waals surface area (Å²) in [5, 5.41) is 14.5. The van der Waals surface area contributed by atoms with E-state index < -0.39 is 17.5 Å². The molecule has 1 heterocycles. The Morgan fingerprint density at radius 2 is 2.00 bits per heavy atom. The van der Waals surface area contributed by atoms with E-state index in [-0.39, 0.29) is 23.2 Å². The van der Waals surface area contributed by atoms with Crippen molar-refractivity contribution in [2.24, 2.45) is 11.8 Å². The average Bonchev–Trinajstić information content (AvgIpc) is 2.75. The predicted octanol–water partition coefficient (Wildman–Crippen LogP) is 2.53. The van der Waals surface area contributed by atoms with Crippen LogP contribution in [0.3, 0.4) is 0 Å². The summed E-state index contributed by atoms with van der Waals surface area (Å²) in [6, 6.07) is 4.32. The summed E-state index contributed by atoms with van der Waals surface area (Å²) in [5.74, 6) is -0.202. The first-order valence-corrected chi connectivity index (χ1v) is 10.4. The van der Waals surface area contributed by atoms with Gasteiger partial charge in [0, 0.05) is 25.2 Å². The van der Waals surface area contributed by atoms with Gasteiger partial charge in [-0.2, -0.15) is 0 Å². The van der Waals surface area contributed by atoms with Crippen LogP contribution < -0.4 is 10.2 Å². The Balaban J connectivity index is 1.60. The van der Waals surface area contributed by atoms with Gasteiger partial charge in [0.25, 0.3) is 11.6 Å². The molecular formula is C21H29N3O6. The molecule has 1 aromatic rings. The molecule has 0 spiro atoms. The topological polar surface area (TPSA) is 111 Å². The van der Waals surface area contributed by atoms with E-state index in [1.165, 1.54) is 12.1 Å². The van der Waals surface area contributed by atoms with Gasteiger partial charge in [-0.1, -0.05) is 26.7 Å². The van der Waals surface area contributed by atoms with E-state index in [4.69, 9.17) is 9.47 Å². The minimum Gasteiger partial charge on any atom is -0.452 e. The Morgan fingerprint density at radius 1 is 1.27 bits per heavy atom. The van der Waals surface area contributed by atoms with E-state index in [2.05, 4.69) is 19.2 Å². The number of morpholine rings is 1. The lowest BCUT2D eigenvalue weighted by Gasteiger charge is -2.34. The molecule has 9 heteroatoms. The Kier molecular flexibility index (Phi) is 7.25. The highest BCUT2D eigenvalue weighted by atomic mass is 16.6. The number of benzene rings is 1. The van der Waals surface area contributed by atoms with Crippen molar-refractivity contribution in [2.45, 2.75) is 39.2 Å². The van der Waals surface area contributed by atoms with Gasteiger partial charge < -0.3 is 19.7 Å². The molecule has 1 aliphatic carbocycles. The number of rotatable bonds is 6. The monoisotopic (exact) mass is 419 g/mol. The molecule has 1 N–H and O–H groups in total. The van der Waals surface area contributed by atoms with Crippen LogP contribution in [0.1, 0.15) is 43.5 Å². The molecule has 1 amide bonds. The van der Waals surface area contributed by atoms with Crippen LogP contribution in [0.5, 0.6) is 0 Å². The van der Waals surface area contributed by atoms with Gasteiger partial charge >= 0.3 is 5.97 Å². The summed E-state index contributed by atoms with van der Waals surface area (Å²) in [6.07, 6.45) is 3.14. The zero-order chi connectivity index (χ0) is 21.7. The third kappa shape index (κ3) is 5.27. The number of carbonyl (C=O) groups is 2. The van der Waals surface area contributed by atoms with Gasteiger partial charge in [-0.05, 0) is 30.4 Å². The predicted molar refractivity (Wildman–Crippen MR) is 111 cm³/mol. The SMILES string of the molecule is C[C@@H]1[C@H](C)CCC[C@@H]1NC(=O)COC(=O)c1ccc(N2CCOCC2)c([N+](=O)[O-])c1. The summed E-state index contributed by atoms with van der Waals surface area (Å²) in [6.45, 7) is 5.97. The molecule has 30 heavy (non-hydrogen) atoms. The fourth-order valence-electron chi connectivity index (χ4n) is 4.12. The summed E-state index contributed by atoms with van der Waals surface area (Å²) >= 11 is 0. The van der Waals surface area contributed by atoms with Crippen molar-refractivity contribution in [2.75, 3.05) is 37.8 Å². The summed E-state index contributed by atoms with van der Waals surface area (Å²) in [7, 11) is 0. The molecule has 164 valence electrons. The minimum atomic E-state index is -0.758. The lowest BCUT2D eigenvalue weighted by Crippen LogP contribution is -2.45. The summed E-state index contributed by atoms with van der Waals surface area (Å²) in [5.41, 5.74) is 0.324. The Hall–Kier alpha value is -2.68. The van der Waals surface area contributed by atoms with E-state index in [0.717, 1.165) is 19.3 Å². The van der Waals surface area contributed by atoms with Crippen LogP contribution >= 0.6 is 0 Å². The number of esters is 1. The van der Waals surface area contributed by atoms with E-state index in [9.17, 15) is 19.7 Å². The molecule has 0 bridgehead atoms. The van der Waals surface area contributed by atoms with Gasteiger partial charge in [0.2, 0.25) is 0 Å². The van der Waals surface area contributed by atoms with Crippen LogP contribution in [-0.4, -0.2) is 55.8 Å². The second-order valence-electron chi connectivity index (χ2n) is 8.08. The van der Waals surface area contributed by atoms with Crippen molar-refractivity contribution in [1.29, 1.82) is 0 Å². The van der Waals surface area contributed by atoms with Crippen molar-refractivity contribution < 1.29 is 24.0 Å². The zero-order valence-electron chi connectivity index (χ0n) is 17.5. The molecule has 1 saturated carbocycles. The second kappa shape index (κ2) is 9.88. The van der Waals surface area contributed by atoms with Crippen molar-refractivity contribution in [1.82, 2.24) is 5.32 Å². The normalized spacial score (nSPS) is 24.2. The van der Waals surface area contributed by atoms with Crippen LogP contribution in [0.2, 0.25) is 0 Å². The number of anilines is 1. The highest BCUT2D eigenvalue weighted by Gasteiger charge is 2.28. The molecule has 9 nitrogen and oxygen atoms in total. The quantitative estimate of drug-likeness (QED) is 0.428. The van der Waals surface area contributed by atoms with Crippen molar-refractivity contribution in [3.05, 3.63) is 33.9 Å². The highest BCUT2D eigenvalue weighted by molar-refractivity contribution is 5.93. The Labute approximate surface area is 175 Å². The molecule has 3 rings (SSSR count). The van der Waals surface area contributed by atoms with E-state index >= 15 is 0 Å². The van der Waals surface area contributed by atoms with Crippen LogP contribution in [0.4, 0.5) is 11.4 Å². The maximum absolute atomic E-state index is 12.4. The number of nitrogens with zero attached hydrogens (tertiary/aromatic N) is 2. The van der Waals surface area contributed by atoms with Gasteiger partial charge in [-0.25, -0.2) is 4.79 Å². The maximum Gasteiger partial charge on any atom is 0.338 e. The summed E-state index contributed by atoms with van der Waals surface area (Å²) < 4.78 is 10.4. The number of nitro benzene ring substituents is 1. The Bertz CT molecular complexity index is 793. The molecule has 3 atom stereocenters. The fraction of sp³-hybridized carbons (Fsp3) is 0.619. The van der Waals surface area contributed by atoms with Gasteiger partial charge in [0.1, 0.15) is 5.69 Å². The molecule has 0 aromatic heterocycles. The molecule has 0 unspecified atom stereocenters. The number of hydrogen-bond donors (Lipinski definition) is 1. The van der Waals surface area contributed by atoms with Crippen LogP contribution in [0.25, 0.3) is 0 Å². The largest absolute Gasteiger partial charge is 0.452 e. The van der Waals surface area contributed by atoms with Crippen LogP contribution in [0.15, 0.2) is 18.2 Å². The van der Waals surface area contributed by atoms with E-state index in [1.807, 2.05) is 4.90 Å². The van der Waals surface area contributed by atoms with Crippen LogP contribution in [-0.2, 0) is 14.3 Å². The van der Waals surface area contributed by atoms with E-state index in [1.54, 1.807) is 6.07 Å². The first-order valence-electron chi connectivity index (χ1n) is 10.4. The smallest absolute Gasteiger partial charge is 0.338 e. The maximum atomic E-state index is 12.4. The molecule has 1 saturated heterocycles. The lowest BCUT2D eigenvalue weighted by molar-refractivity contribution is -0.384. The van der Waals surface area contributed by atoms with Gasteiger partial charge in [-0.3, -0.25) is 14.9 Å². The number of hydrogen-bond acceptors (Lipinski definition) is 7. The number of carbonyl (C=O) groups excluding carboxylic acids is 2. The number of ether oxygens (including phenoxy) is 2. The number of nitrogens with one attached hydrogen (secondary N) is 1. The molecule has 1 aliphatic heterocycles. The lowest BCUT2D eigenvalue weighted by atomic mass is 9.78. The van der Waals surface area contributed by atoms with Gasteiger partial charge in [0.15, 0.2) is 6.61 Å². The van der Waals surface area contributed by atoms with Crippen molar-refractivity contribution in [3.63, 3.8) is 0 Å². The molecule has 1 aromatic carbocycles. The van der Waals surface area contributed by atoms with Gasteiger partial charge in [-0.15, -0.1) is 0 Å². The third-order valence-electron chi connectivity index (χ3n) is 6.15. The zero-order valence-corrected chi connectivity index (χ0v) is 17.5. The average molecular weight is 419 g/mol. The number of nitro groups is 1. The van der Waals surface area contributed by atoms with E-state index in [0.29, 0.717) is 43.8 Å². The summed E-state index contributed by atoms with van der Waals surface area (Å²) in [4.78, 5) is 37.4. The molecular weight excluding hydrogens is 390 g/mol. The van der Waals surface area contributed by atoms with Crippen molar-refractivity contribution in [3.8, 4) is 0 Å². The molecule has 2 fully saturated rings. The number of amides is 1.